The molecule has 0 radical (unpaired) electrons. The molecule has 0 heterocycles. The van der Waals surface area contributed by atoms with Crippen molar-refractivity contribution in [2.24, 2.45) is 5.92 Å². The number of ketones is 2. The minimum Gasteiger partial charge on any atom is -0.300 e. The molecule has 0 aliphatic rings. The lowest BCUT2D eigenvalue weighted by Gasteiger charge is -1.98. The van der Waals surface area contributed by atoms with Gasteiger partial charge in [-0.2, -0.15) is 0 Å². The first-order valence-electron chi connectivity index (χ1n) is 5.89. The molecule has 0 aliphatic carbocycles. The SMILES string of the molecule is CC(=O)CCC(C)C.CCCCC(C)=O. The Balaban J connectivity index is 0. The zero-order valence-electron chi connectivity index (χ0n) is 10.9. The maximum Gasteiger partial charge on any atom is 0.129 e. The Hall–Kier alpha value is -0.660. The quantitative estimate of drug-likeness (QED) is 0.674. The van der Waals surface area contributed by atoms with E-state index < -0.39 is 0 Å². The van der Waals surface area contributed by atoms with Gasteiger partial charge in [0.2, 0.25) is 0 Å². The average molecular weight is 214 g/mol. The van der Waals surface area contributed by atoms with E-state index in [4.69, 9.17) is 0 Å². The summed E-state index contributed by atoms with van der Waals surface area (Å²) < 4.78 is 0. The second-order valence-corrected chi connectivity index (χ2v) is 4.44. The highest BCUT2D eigenvalue weighted by atomic mass is 16.1. The van der Waals surface area contributed by atoms with Crippen LogP contribution in [0.5, 0.6) is 0 Å². The minimum absolute atomic E-state index is 0.304. The van der Waals surface area contributed by atoms with Crippen molar-refractivity contribution in [3.8, 4) is 0 Å². The largest absolute Gasteiger partial charge is 0.300 e. The van der Waals surface area contributed by atoms with Crippen LogP contribution in [-0.2, 0) is 9.59 Å². The molecule has 0 N–H and O–H groups in total. The van der Waals surface area contributed by atoms with Gasteiger partial charge in [-0.1, -0.05) is 27.2 Å². The molecule has 0 atom stereocenters. The number of hydrogen-bond donors (Lipinski definition) is 0. The van der Waals surface area contributed by atoms with E-state index in [0.29, 0.717) is 17.5 Å². The van der Waals surface area contributed by atoms with E-state index in [2.05, 4.69) is 20.8 Å². The highest BCUT2D eigenvalue weighted by Crippen LogP contribution is 2.02. The Labute approximate surface area is 94.4 Å². The van der Waals surface area contributed by atoms with E-state index in [1.54, 1.807) is 13.8 Å². The number of carbonyl (C=O) groups excluding carboxylic acids is 2. The molecule has 0 aromatic rings. The van der Waals surface area contributed by atoms with E-state index in [0.717, 1.165) is 32.1 Å². The van der Waals surface area contributed by atoms with E-state index in [1.165, 1.54) is 0 Å². The molecule has 0 fully saturated rings. The monoisotopic (exact) mass is 214 g/mol. The van der Waals surface area contributed by atoms with Gasteiger partial charge >= 0.3 is 0 Å². The average Bonchev–Trinajstić information content (AvgIpc) is 2.12. The molecule has 0 aliphatic heterocycles. The minimum atomic E-state index is 0.304. The fraction of sp³-hybridized carbons (Fsp3) is 0.846. The van der Waals surface area contributed by atoms with Gasteiger partial charge in [-0.3, -0.25) is 0 Å². The molecule has 0 unspecified atom stereocenters. The third-order valence-corrected chi connectivity index (χ3v) is 1.96. The van der Waals surface area contributed by atoms with Crippen LogP contribution in [0.2, 0.25) is 0 Å². The molecule has 0 aromatic heterocycles. The van der Waals surface area contributed by atoms with Crippen molar-refractivity contribution in [1.29, 1.82) is 0 Å². The van der Waals surface area contributed by atoms with Gasteiger partial charge in [-0.05, 0) is 32.6 Å². The summed E-state index contributed by atoms with van der Waals surface area (Å²) in [4.78, 5) is 20.6. The van der Waals surface area contributed by atoms with Gasteiger partial charge in [0.25, 0.3) is 0 Å². The van der Waals surface area contributed by atoms with Crippen molar-refractivity contribution in [3.63, 3.8) is 0 Å². The summed E-state index contributed by atoms with van der Waals surface area (Å²) in [5, 5.41) is 0. The van der Waals surface area contributed by atoms with Gasteiger partial charge in [0.05, 0.1) is 0 Å². The van der Waals surface area contributed by atoms with Crippen molar-refractivity contribution in [3.05, 3.63) is 0 Å². The Kier molecular flexibility index (Phi) is 12.8. The molecule has 0 saturated heterocycles. The topological polar surface area (TPSA) is 34.1 Å². The molecular weight excluding hydrogens is 188 g/mol. The summed E-state index contributed by atoms with van der Waals surface area (Å²) in [7, 11) is 0. The van der Waals surface area contributed by atoms with E-state index in [9.17, 15) is 9.59 Å². The molecule has 2 heteroatoms. The van der Waals surface area contributed by atoms with Gasteiger partial charge in [0.1, 0.15) is 11.6 Å². The summed E-state index contributed by atoms with van der Waals surface area (Å²) in [5.74, 6) is 1.28. The van der Waals surface area contributed by atoms with Crippen LogP contribution in [0.15, 0.2) is 0 Å². The Morgan fingerprint density at radius 2 is 1.47 bits per heavy atom. The number of rotatable bonds is 6. The van der Waals surface area contributed by atoms with E-state index in [-0.39, 0.29) is 0 Å². The van der Waals surface area contributed by atoms with Gasteiger partial charge in [-0.15, -0.1) is 0 Å². The van der Waals surface area contributed by atoms with Crippen molar-refractivity contribution in [1.82, 2.24) is 0 Å². The molecule has 90 valence electrons. The summed E-state index contributed by atoms with van der Waals surface area (Å²) >= 11 is 0. The first-order valence-corrected chi connectivity index (χ1v) is 5.89. The molecule has 0 spiro atoms. The van der Waals surface area contributed by atoms with Gasteiger partial charge in [0.15, 0.2) is 0 Å². The second kappa shape index (κ2) is 11.4. The number of hydrogen-bond acceptors (Lipinski definition) is 2. The van der Waals surface area contributed by atoms with Gasteiger partial charge in [-0.25, -0.2) is 0 Å². The van der Waals surface area contributed by atoms with E-state index in [1.807, 2.05) is 0 Å². The lowest BCUT2D eigenvalue weighted by Crippen LogP contribution is -1.93. The van der Waals surface area contributed by atoms with Crippen molar-refractivity contribution >= 4 is 11.6 Å². The summed E-state index contributed by atoms with van der Waals surface area (Å²) in [5.41, 5.74) is 0. The van der Waals surface area contributed by atoms with Gasteiger partial charge in [0, 0.05) is 12.8 Å². The van der Waals surface area contributed by atoms with Crippen molar-refractivity contribution in [2.45, 2.75) is 66.7 Å². The van der Waals surface area contributed by atoms with Crippen LogP contribution in [-0.4, -0.2) is 11.6 Å². The second-order valence-electron chi connectivity index (χ2n) is 4.44. The van der Waals surface area contributed by atoms with Crippen LogP contribution in [0.3, 0.4) is 0 Å². The third-order valence-electron chi connectivity index (χ3n) is 1.96. The predicted molar refractivity (Wildman–Crippen MR) is 65.0 cm³/mol. The highest BCUT2D eigenvalue weighted by Gasteiger charge is 1.95. The number of Topliss-reactive ketones (excluding diaryl/α,β-unsaturated/α-hetero) is 2. The van der Waals surface area contributed by atoms with Crippen LogP contribution in [0.1, 0.15) is 66.7 Å². The number of unbranched alkanes of at least 4 members (excludes halogenated alkanes) is 1. The molecule has 0 rings (SSSR count). The molecule has 0 saturated carbocycles. The van der Waals surface area contributed by atoms with Crippen LogP contribution in [0, 0.1) is 5.92 Å². The lowest BCUT2D eigenvalue weighted by molar-refractivity contribution is -0.118. The summed E-state index contributed by atoms with van der Waals surface area (Å²) in [6, 6.07) is 0. The molecular formula is C13H26O2. The Morgan fingerprint density at radius 1 is 1.00 bits per heavy atom. The standard InChI is InChI=1S/C7H14O.C6H12O/c1-6(2)4-5-7(3)8;1-3-4-5-6(2)7/h6H,4-5H2,1-3H3;3-5H2,1-2H3. The first-order chi connectivity index (χ1) is 6.90. The zero-order valence-corrected chi connectivity index (χ0v) is 10.9. The fourth-order valence-electron chi connectivity index (χ4n) is 0.918. The van der Waals surface area contributed by atoms with E-state index >= 15 is 0 Å². The molecule has 0 aromatic carbocycles. The summed E-state index contributed by atoms with van der Waals surface area (Å²) in [6.45, 7) is 9.62. The van der Waals surface area contributed by atoms with Crippen LogP contribution in [0.4, 0.5) is 0 Å². The first kappa shape index (κ1) is 16.8. The van der Waals surface area contributed by atoms with Crippen molar-refractivity contribution < 1.29 is 9.59 Å². The smallest absolute Gasteiger partial charge is 0.129 e. The maximum absolute atomic E-state index is 10.3. The predicted octanol–water partition coefficient (Wildman–Crippen LogP) is 3.78. The molecule has 0 amide bonds. The molecule has 0 bridgehead atoms. The maximum atomic E-state index is 10.3. The van der Waals surface area contributed by atoms with Crippen molar-refractivity contribution in [2.75, 3.05) is 0 Å². The lowest BCUT2D eigenvalue weighted by atomic mass is 10.1. The fourth-order valence-corrected chi connectivity index (χ4v) is 0.918. The van der Waals surface area contributed by atoms with Crippen LogP contribution < -0.4 is 0 Å². The Bertz CT molecular complexity index is 171. The highest BCUT2D eigenvalue weighted by molar-refractivity contribution is 5.75. The van der Waals surface area contributed by atoms with Crippen LogP contribution >= 0.6 is 0 Å². The normalized spacial score (nSPS) is 9.47. The zero-order chi connectivity index (χ0) is 12.3. The van der Waals surface area contributed by atoms with Gasteiger partial charge < -0.3 is 9.59 Å². The summed E-state index contributed by atoms with van der Waals surface area (Å²) in [6.07, 6.45) is 4.72. The Morgan fingerprint density at radius 3 is 1.60 bits per heavy atom. The van der Waals surface area contributed by atoms with Crippen LogP contribution in [0.25, 0.3) is 0 Å². The molecule has 2 nitrogen and oxygen atoms in total. The third kappa shape index (κ3) is 24.7. The number of carbonyl (C=O) groups is 2. The molecule has 15 heavy (non-hydrogen) atoms.